The molecule has 0 atom stereocenters. The van der Waals surface area contributed by atoms with Crippen molar-refractivity contribution in [3.05, 3.63) is 52.8 Å². The minimum atomic E-state index is -0.849. The molecule has 0 radical (unpaired) electrons. The van der Waals surface area contributed by atoms with Crippen molar-refractivity contribution in [2.24, 2.45) is 0 Å². The fraction of sp³-hybridized carbons (Fsp3) is 0.429. The SMILES string of the molecule is CCOC(=O)c1ncc(COCc2ccc(OC)cc2)c2c1OC(C)(C)OC2. The van der Waals surface area contributed by atoms with E-state index in [4.69, 9.17) is 23.7 Å². The maximum absolute atomic E-state index is 12.2. The molecule has 3 rings (SSSR count). The van der Waals surface area contributed by atoms with Gasteiger partial charge in [0.1, 0.15) is 5.75 Å². The Hall–Kier alpha value is -2.64. The Morgan fingerprint density at radius 1 is 1.21 bits per heavy atom. The van der Waals surface area contributed by atoms with E-state index in [9.17, 15) is 4.79 Å². The number of esters is 1. The van der Waals surface area contributed by atoms with E-state index < -0.39 is 11.8 Å². The van der Waals surface area contributed by atoms with Crippen LogP contribution in [-0.2, 0) is 34.0 Å². The first-order valence-corrected chi connectivity index (χ1v) is 9.15. The summed E-state index contributed by atoms with van der Waals surface area (Å²) in [5.41, 5.74) is 2.76. The fourth-order valence-electron chi connectivity index (χ4n) is 2.83. The third-order valence-electron chi connectivity index (χ3n) is 4.29. The van der Waals surface area contributed by atoms with E-state index in [0.717, 1.165) is 22.4 Å². The third-order valence-corrected chi connectivity index (χ3v) is 4.29. The molecule has 2 aromatic rings. The van der Waals surface area contributed by atoms with Gasteiger partial charge in [0.25, 0.3) is 0 Å². The van der Waals surface area contributed by atoms with Gasteiger partial charge in [-0.3, -0.25) is 0 Å². The van der Waals surface area contributed by atoms with Crippen molar-refractivity contribution in [2.45, 2.75) is 46.4 Å². The number of ether oxygens (including phenoxy) is 5. The number of rotatable bonds is 7. The molecule has 0 saturated heterocycles. The van der Waals surface area contributed by atoms with Crippen LogP contribution >= 0.6 is 0 Å². The maximum Gasteiger partial charge on any atom is 0.360 e. The number of fused-ring (bicyclic) bond motifs is 1. The van der Waals surface area contributed by atoms with Crippen LogP contribution in [0.25, 0.3) is 0 Å². The van der Waals surface area contributed by atoms with Crippen LogP contribution in [0.4, 0.5) is 0 Å². The van der Waals surface area contributed by atoms with E-state index >= 15 is 0 Å². The van der Waals surface area contributed by atoms with Crippen molar-refractivity contribution in [2.75, 3.05) is 13.7 Å². The summed E-state index contributed by atoms with van der Waals surface area (Å²) in [6.07, 6.45) is 1.62. The largest absolute Gasteiger partial charge is 0.497 e. The van der Waals surface area contributed by atoms with Gasteiger partial charge in [0.15, 0.2) is 11.4 Å². The molecule has 150 valence electrons. The molecule has 0 aliphatic carbocycles. The van der Waals surface area contributed by atoms with Crippen LogP contribution in [0.15, 0.2) is 30.5 Å². The molecule has 2 heterocycles. The number of benzene rings is 1. The average Bonchev–Trinajstić information content (AvgIpc) is 2.67. The van der Waals surface area contributed by atoms with Gasteiger partial charge in [0.05, 0.1) is 33.5 Å². The zero-order valence-corrected chi connectivity index (χ0v) is 16.6. The molecule has 0 amide bonds. The van der Waals surface area contributed by atoms with Gasteiger partial charge < -0.3 is 23.7 Å². The van der Waals surface area contributed by atoms with Crippen molar-refractivity contribution in [3.63, 3.8) is 0 Å². The van der Waals surface area contributed by atoms with Crippen molar-refractivity contribution < 1.29 is 28.5 Å². The van der Waals surface area contributed by atoms with E-state index in [1.165, 1.54) is 0 Å². The van der Waals surface area contributed by atoms with Crippen LogP contribution in [0, 0.1) is 0 Å². The Bertz CT molecular complexity index is 832. The molecule has 0 saturated carbocycles. The molecule has 0 unspecified atom stereocenters. The first kappa shape index (κ1) is 20.1. The standard InChI is InChI=1S/C21H25NO6/c1-5-26-20(23)18-19-17(13-27-21(2,3)28-19)15(10-22-18)12-25-11-14-6-8-16(24-4)9-7-14/h6-10H,5,11-13H2,1-4H3. The van der Waals surface area contributed by atoms with Crippen LogP contribution in [0.5, 0.6) is 11.5 Å². The van der Waals surface area contributed by atoms with Gasteiger partial charge in [0, 0.05) is 31.2 Å². The van der Waals surface area contributed by atoms with Crippen LogP contribution in [-0.4, -0.2) is 30.5 Å². The monoisotopic (exact) mass is 387 g/mol. The predicted molar refractivity (Wildman–Crippen MR) is 101 cm³/mol. The Morgan fingerprint density at radius 3 is 2.64 bits per heavy atom. The van der Waals surface area contributed by atoms with Crippen LogP contribution in [0.3, 0.4) is 0 Å². The number of pyridine rings is 1. The summed E-state index contributed by atoms with van der Waals surface area (Å²) >= 11 is 0. The number of carbonyl (C=O) groups is 1. The van der Waals surface area contributed by atoms with Gasteiger partial charge in [-0.25, -0.2) is 9.78 Å². The molecule has 0 spiro atoms. The Labute approximate surface area is 164 Å². The smallest absolute Gasteiger partial charge is 0.360 e. The maximum atomic E-state index is 12.2. The highest BCUT2D eigenvalue weighted by Crippen LogP contribution is 2.36. The molecular formula is C21H25NO6. The highest BCUT2D eigenvalue weighted by atomic mass is 16.7. The number of methoxy groups -OCH3 is 1. The van der Waals surface area contributed by atoms with Gasteiger partial charge in [-0.2, -0.15) is 0 Å². The van der Waals surface area contributed by atoms with E-state index in [-0.39, 0.29) is 12.3 Å². The lowest BCUT2D eigenvalue weighted by Crippen LogP contribution is -2.37. The summed E-state index contributed by atoms with van der Waals surface area (Å²) in [5, 5.41) is 0. The molecule has 0 bridgehead atoms. The number of nitrogens with zero attached hydrogens (tertiary/aromatic N) is 1. The summed E-state index contributed by atoms with van der Waals surface area (Å²) in [4.78, 5) is 16.5. The highest BCUT2D eigenvalue weighted by molar-refractivity contribution is 5.91. The summed E-state index contributed by atoms with van der Waals surface area (Å²) < 4.78 is 27.7. The normalized spacial score (nSPS) is 14.7. The highest BCUT2D eigenvalue weighted by Gasteiger charge is 2.33. The van der Waals surface area contributed by atoms with Crippen LogP contribution in [0.1, 0.15) is 48.0 Å². The van der Waals surface area contributed by atoms with E-state index in [0.29, 0.717) is 25.6 Å². The summed E-state index contributed by atoms with van der Waals surface area (Å²) in [5.74, 6) is -0.158. The van der Waals surface area contributed by atoms with E-state index in [2.05, 4.69) is 4.98 Å². The van der Waals surface area contributed by atoms with Crippen molar-refractivity contribution in [1.82, 2.24) is 4.98 Å². The number of hydrogen-bond acceptors (Lipinski definition) is 7. The predicted octanol–water partition coefficient (Wildman–Crippen LogP) is 3.63. The zero-order valence-electron chi connectivity index (χ0n) is 16.6. The minimum absolute atomic E-state index is 0.159. The first-order valence-electron chi connectivity index (χ1n) is 9.15. The molecule has 1 aromatic heterocycles. The second kappa shape index (κ2) is 8.58. The molecule has 7 nitrogen and oxygen atoms in total. The Morgan fingerprint density at radius 2 is 1.96 bits per heavy atom. The van der Waals surface area contributed by atoms with E-state index in [1.54, 1.807) is 34.1 Å². The van der Waals surface area contributed by atoms with Crippen molar-refractivity contribution >= 4 is 5.97 Å². The molecule has 1 aliphatic rings. The van der Waals surface area contributed by atoms with E-state index in [1.807, 2.05) is 24.3 Å². The third kappa shape index (κ3) is 4.61. The molecular weight excluding hydrogens is 362 g/mol. The van der Waals surface area contributed by atoms with Gasteiger partial charge in [-0.05, 0) is 24.6 Å². The van der Waals surface area contributed by atoms with Crippen LogP contribution < -0.4 is 9.47 Å². The topological polar surface area (TPSA) is 76.1 Å². The van der Waals surface area contributed by atoms with Gasteiger partial charge in [0.2, 0.25) is 5.79 Å². The lowest BCUT2D eigenvalue weighted by Gasteiger charge is -2.34. The lowest BCUT2D eigenvalue weighted by molar-refractivity contribution is -0.181. The summed E-state index contributed by atoms with van der Waals surface area (Å²) in [7, 11) is 1.63. The lowest BCUT2D eigenvalue weighted by atomic mass is 10.1. The van der Waals surface area contributed by atoms with Gasteiger partial charge in [-0.15, -0.1) is 0 Å². The summed E-state index contributed by atoms with van der Waals surface area (Å²) in [6.45, 7) is 6.65. The second-order valence-corrected chi connectivity index (χ2v) is 6.79. The number of aromatic nitrogens is 1. The second-order valence-electron chi connectivity index (χ2n) is 6.79. The van der Waals surface area contributed by atoms with Gasteiger partial charge in [-0.1, -0.05) is 12.1 Å². The molecule has 0 fully saturated rings. The molecule has 1 aliphatic heterocycles. The van der Waals surface area contributed by atoms with Crippen molar-refractivity contribution in [3.8, 4) is 11.5 Å². The zero-order chi connectivity index (χ0) is 20.1. The first-order chi connectivity index (χ1) is 13.4. The molecule has 1 aromatic carbocycles. The van der Waals surface area contributed by atoms with Gasteiger partial charge >= 0.3 is 5.97 Å². The fourth-order valence-corrected chi connectivity index (χ4v) is 2.83. The number of hydrogen-bond donors (Lipinski definition) is 0. The Kier molecular flexibility index (Phi) is 6.16. The average molecular weight is 387 g/mol. The minimum Gasteiger partial charge on any atom is -0.497 e. The summed E-state index contributed by atoms with van der Waals surface area (Å²) in [6, 6.07) is 7.68. The Balaban J connectivity index is 1.76. The number of carbonyl (C=O) groups excluding carboxylic acids is 1. The molecule has 0 N–H and O–H groups in total. The van der Waals surface area contributed by atoms with Crippen LogP contribution in [0.2, 0.25) is 0 Å². The molecule has 7 heteroatoms. The quantitative estimate of drug-likeness (QED) is 0.672. The molecule has 28 heavy (non-hydrogen) atoms. The van der Waals surface area contributed by atoms with Crippen molar-refractivity contribution in [1.29, 1.82) is 0 Å².